The van der Waals surface area contributed by atoms with Crippen molar-refractivity contribution in [3.63, 3.8) is 0 Å². The van der Waals surface area contributed by atoms with E-state index in [1.807, 2.05) is 13.8 Å². The Morgan fingerprint density at radius 3 is 1.45 bits per heavy atom. The van der Waals surface area contributed by atoms with Gasteiger partial charge >= 0.3 is 24.1 Å². The van der Waals surface area contributed by atoms with E-state index in [9.17, 15) is 19.2 Å². The zero-order valence-corrected chi connectivity index (χ0v) is 21.3. The molecule has 0 unspecified atom stereocenters. The van der Waals surface area contributed by atoms with Crippen molar-refractivity contribution in [2.45, 2.75) is 91.5 Å². The molecule has 0 aromatic rings. The lowest BCUT2D eigenvalue weighted by molar-refractivity contribution is -0.145. The maximum Gasteiger partial charge on any atom is 0.411 e. The summed E-state index contributed by atoms with van der Waals surface area (Å²) in [5.41, 5.74) is -1.14. The summed E-state index contributed by atoms with van der Waals surface area (Å²) in [7, 11) is 1.33. The Morgan fingerprint density at radius 1 is 0.758 bits per heavy atom. The highest BCUT2D eigenvalue weighted by Gasteiger charge is 2.41. The van der Waals surface area contributed by atoms with Crippen molar-refractivity contribution >= 4 is 24.1 Å². The highest BCUT2D eigenvalue weighted by Crippen LogP contribution is 2.26. The minimum atomic E-state index is -0.963. The van der Waals surface area contributed by atoms with Gasteiger partial charge in [0.2, 0.25) is 0 Å². The molecular formula is C23H40N2O8. The molecule has 0 spiro atoms. The van der Waals surface area contributed by atoms with Gasteiger partial charge in [-0.1, -0.05) is 13.8 Å². The fourth-order valence-electron chi connectivity index (χ4n) is 3.73. The van der Waals surface area contributed by atoms with E-state index in [1.165, 1.54) is 16.9 Å². The number of aliphatic carboxylic acids is 1. The van der Waals surface area contributed by atoms with Crippen molar-refractivity contribution in [2.75, 3.05) is 20.2 Å². The van der Waals surface area contributed by atoms with Crippen molar-refractivity contribution in [3.05, 3.63) is 0 Å². The van der Waals surface area contributed by atoms with E-state index in [-0.39, 0.29) is 17.8 Å². The number of methoxy groups -OCH3 is 1. The number of hydrogen-bond acceptors (Lipinski definition) is 7. The molecule has 2 aliphatic rings. The number of carbonyl (C=O) groups is 4. The van der Waals surface area contributed by atoms with Gasteiger partial charge in [-0.25, -0.2) is 19.2 Å². The fourth-order valence-corrected chi connectivity index (χ4v) is 3.73. The van der Waals surface area contributed by atoms with Crippen molar-refractivity contribution in [2.24, 2.45) is 11.8 Å². The lowest BCUT2D eigenvalue weighted by atomic mass is 10.1. The lowest BCUT2D eigenvalue weighted by Crippen LogP contribution is -2.43. The molecule has 0 radical (unpaired) electrons. The number of nitrogens with zero attached hydrogens (tertiary/aromatic N) is 2. The summed E-state index contributed by atoms with van der Waals surface area (Å²) in [4.78, 5) is 49.0. The summed E-state index contributed by atoms with van der Waals surface area (Å²) < 4.78 is 15.2. The second kappa shape index (κ2) is 11.1. The highest BCUT2D eigenvalue weighted by molar-refractivity contribution is 5.82. The van der Waals surface area contributed by atoms with Crippen molar-refractivity contribution in [1.29, 1.82) is 0 Å². The van der Waals surface area contributed by atoms with Gasteiger partial charge in [0.25, 0.3) is 0 Å². The molecule has 10 heteroatoms. The van der Waals surface area contributed by atoms with E-state index in [4.69, 9.17) is 19.3 Å². The van der Waals surface area contributed by atoms with E-state index in [0.717, 1.165) is 0 Å². The molecule has 1 N–H and O–H groups in total. The van der Waals surface area contributed by atoms with Crippen LogP contribution in [-0.4, -0.2) is 82.5 Å². The molecule has 0 aliphatic carbocycles. The van der Waals surface area contributed by atoms with Gasteiger partial charge in [0.1, 0.15) is 23.3 Å². The number of likely N-dealkylation sites (tertiary alicyclic amines) is 2. The molecule has 2 saturated heterocycles. The molecular weight excluding hydrogens is 432 g/mol. The number of hydrogen-bond donors (Lipinski definition) is 1. The number of carboxylic acids is 1. The Balaban J connectivity index is 0.000000331. The molecule has 0 saturated carbocycles. The number of ether oxygens (including phenoxy) is 3. The molecule has 10 nitrogen and oxygen atoms in total. The summed E-state index contributed by atoms with van der Waals surface area (Å²) in [5.74, 6) is -0.851. The Labute approximate surface area is 196 Å². The summed E-state index contributed by atoms with van der Waals surface area (Å²) >= 11 is 0. The minimum Gasteiger partial charge on any atom is -0.480 e. The van der Waals surface area contributed by atoms with Crippen molar-refractivity contribution < 1.29 is 38.5 Å². The van der Waals surface area contributed by atoms with Gasteiger partial charge in [0.05, 0.1) is 7.11 Å². The number of esters is 1. The van der Waals surface area contributed by atoms with Gasteiger partial charge < -0.3 is 19.3 Å². The average molecular weight is 473 g/mol. The van der Waals surface area contributed by atoms with Crippen LogP contribution in [-0.2, 0) is 23.8 Å². The highest BCUT2D eigenvalue weighted by atomic mass is 16.6. The smallest absolute Gasteiger partial charge is 0.411 e. The first-order valence-corrected chi connectivity index (χ1v) is 11.2. The number of carboxylic acid groups (broad SMARTS) is 1. The van der Waals surface area contributed by atoms with Crippen molar-refractivity contribution in [3.8, 4) is 0 Å². The first kappa shape index (κ1) is 28.5. The maximum atomic E-state index is 11.9. The average Bonchev–Trinajstić information content (AvgIpc) is 3.22. The number of rotatable bonds is 2. The first-order chi connectivity index (χ1) is 14.9. The van der Waals surface area contributed by atoms with Gasteiger partial charge in [-0.2, -0.15) is 0 Å². The molecule has 2 aliphatic heterocycles. The summed E-state index contributed by atoms with van der Waals surface area (Å²) in [6.45, 7) is 15.6. The zero-order valence-electron chi connectivity index (χ0n) is 21.3. The van der Waals surface area contributed by atoms with E-state index >= 15 is 0 Å². The quantitative estimate of drug-likeness (QED) is 0.478. The third-order valence-corrected chi connectivity index (χ3v) is 5.03. The summed E-state index contributed by atoms with van der Waals surface area (Å²) in [6, 6.07) is -1.25. The van der Waals surface area contributed by atoms with Crippen LogP contribution in [0.3, 0.4) is 0 Å². The first-order valence-electron chi connectivity index (χ1n) is 11.2. The number of carbonyl (C=O) groups excluding carboxylic acids is 3. The van der Waals surface area contributed by atoms with Crippen LogP contribution in [0.1, 0.15) is 68.2 Å². The zero-order chi connectivity index (χ0) is 25.7. The molecule has 0 bridgehead atoms. The SMILES string of the molecule is COC(=O)[C@H]1C[C@H](C)CN1C(=O)OC(C)(C)C.C[C@H]1C[C@H](C(=O)O)N(C(=O)OC(C)(C)C)C1. The van der Waals surface area contributed by atoms with Crippen molar-refractivity contribution in [1.82, 2.24) is 9.80 Å². The third-order valence-electron chi connectivity index (χ3n) is 5.03. The maximum absolute atomic E-state index is 11.9. The van der Waals surface area contributed by atoms with Gasteiger partial charge in [-0.15, -0.1) is 0 Å². The predicted molar refractivity (Wildman–Crippen MR) is 121 cm³/mol. The van der Waals surface area contributed by atoms with Gasteiger partial charge in [0.15, 0.2) is 0 Å². The Kier molecular flexibility index (Phi) is 9.56. The number of amides is 2. The Bertz CT molecular complexity index is 725. The third kappa shape index (κ3) is 9.09. The van der Waals surface area contributed by atoms with Crippen LogP contribution < -0.4 is 0 Å². The monoisotopic (exact) mass is 472 g/mol. The topological polar surface area (TPSA) is 123 Å². The largest absolute Gasteiger partial charge is 0.480 e. The van der Waals surface area contributed by atoms with Crippen LogP contribution in [0.4, 0.5) is 9.59 Å². The molecule has 2 heterocycles. The molecule has 4 atom stereocenters. The van der Waals surface area contributed by atoms with Gasteiger partial charge in [-0.05, 0) is 66.2 Å². The lowest BCUT2D eigenvalue weighted by Gasteiger charge is -2.27. The standard InChI is InChI=1S/C12H21NO4.C11H19NO4/c1-8-6-9(10(14)16-5)13(7-8)11(15)17-12(2,3)4;1-7-5-8(9(13)14)12(6-7)10(15)16-11(2,3)4/h8-9H,6-7H2,1-5H3;7-8H,5-6H2,1-4H3,(H,13,14)/t8-,9+;7-,8+/m00/s1. The van der Waals surface area contributed by atoms with Crippen LogP contribution in [0.25, 0.3) is 0 Å². The van der Waals surface area contributed by atoms with Gasteiger partial charge in [0, 0.05) is 13.1 Å². The van der Waals surface area contributed by atoms with Crippen LogP contribution >= 0.6 is 0 Å². The van der Waals surface area contributed by atoms with Crippen LogP contribution in [0.5, 0.6) is 0 Å². The molecule has 0 aromatic heterocycles. The normalized spacial score (nSPS) is 25.1. The minimum absolute atomic E-state index is 0.202. The molecule has 2 amide bonds. The van der Waals surface area contributed by atoms with E-state index in [2.05, 4.69) is 0 Å². The van der Waals surface area contributed by atoms with Crippen LogP contribution in [0.2, 0.25) is 0 Å². The van der Waals surface area contributed by atoms with E-state index in [1.54, 1.807) is 41.5 Å². The fraction of sp³-hybridized carbons (Fsp3) is 0.826. The van der Waals surface area contributed by atoms with E-state index in [0.29, 0.717) is 25.9 Å². The van der Waals surface area contributed by atoms with E-state index < -0.39 is 41.4 Å². The Morgan fingerprint density at radius 2 is 1.12 bits per heavy atom. The molecule has 190 valence electrons. The second-order valence-electron chi connectivity index (χ2n) is 10.8. The molecule has 0 aromatic carbocycles. The molecule has 2 fully saturated rings. The van der Waals surface area contributed by atoms with Crippen LogP contribution in [0, 0.1) is 11.8 Å². The predicted octanol–water partition coefficient (Wildman–Crippen LogP) is 3.52. The van der Waals surface area contributed by atoms with Gasteiger partial charge in [-0.3, -0.25) is 9.80 Å². The summed E-state index contributed by atoms with van der Waals surface area (Å²) in [5, 5.41) is 9.00. The molecule has 33 heavy (non-hydrogen) atoms. The second-order valence-corrected chi connectivity index (χ2v) is 10.8. The Hall–Kier alpha value is -2.52. The van der Waals surface area contributed by atoms with Crippen LogP contribution in [0.15, 0.2) is 0 Å². The molecule has 2 rings (SSSR count). The summed E-state index contributed by atoms with van der Waals surface area (Å²) in [6.07, 6.45) is 0.141.